The molecule has 0 atom stereocenters. The first-order chi connectivity index (χ1) is 6.27. The second-order valence-electron chi connectivity index (χ2n) is 2.86. The molecule has 2 aromatic rings. The van der Waals surface area contributed by atoms with Crippen LogP contribution in [0.15, 0.2) is 29.2 Å². The van der Waals surface area contributed by atoms with Crippen molar-refractivity contribution in [2.24, 2.45) is 0 Å². The van der Waals surface area contributed by atoms with E-state index in [1.807, 2.05) is 17.7 Å². The lowest BCUT2D eigenvalue weighted by Crippen LogP contribution is -1.82. The highest BCUT2D eigenvalue weighted by Crippen LogP contribution is 2.26. The van der Waals surface area contributed by atoms with Crippen LogP contribution in [-0.2, 0) is 0 Å². The van der Waals surface area contributed by atoms with E-state index in [9.17, 15) is 4.39 Å². The molecule has 0 saturated heterocycles. The van der Waals surface area contributed by atoms with Crippen LogP contribution in [0.4, 0.5) is 4.39 Å². The van der Waals surface area contributed by atoms with E-state index < -0.39 is 0 Å². The highest BCUT2D eigenvalue weighted by atomic mass is 32.1. The summed E-state index contributed by atoms with van der Waals surface area (Å²) in [5.74, 6) is -0.289. The summed E-state index contributed by atoms with van der Waals surface area (Å²) >= 11 is 1.62. The third kappa shape index (κ3) is 1.99. The van der Waals surface area contributed by atoms with Gasteiger partial charge in [0.2, 0.25) is 0 Å². The van der Waals surface area contributed by atoms with E-state index in [1.54, 1.807) is 17.5 Å². The van der Waals surface area contributed by atoms with Crippen LogP contribution in [0.2, 0.25) is 0 Å². The Kier molecular flexibility index (Phi) is 3.36. The predicted molar refractivity (Wildman–Crippen MR) is 59.0 cm³/mol. The Bertz CT molecular complexity index is 423. The average Bonchev–Trinajstić information content (AvgIpc) is 2.51. The zero-order valence-corrected chi connectivity index (χ0v) is 7.94. The molecule has 0 N–H and O–H groups in total. The predicted octanol–water partition coefficient (Wildman–Crippen LogP) is 3.89. The lowest BCUT2D eigenvalue weighted by molar-refractivity contribution is 0.622. The Balaban J connectivity index is 0.000000980. The topological polar surface area (TPSA) is 12.9 Å². The Labute approximate surface area is 87.2 Å². The maximum atomic E-state index is 12.8. The summed E-state index contributed by atoms with van der Waals surface area (Å²) in [6, 6.07) is 1.50. The van der Waals surface area contributed by atoms with Crippen LogP contribution in [0.25, 0.3) is 11.1 Å². The fraction of sp³-hybridized carbons (Fsp3) is 0.182. The van der Waals surface area contributed by atoms with Gasteiger partial charge in [-0.25, -0.2) is 4.39 Å². The van der Waals surface area contributed by atoms with Gasteiger partial charge in [-0.05, 0) is 34.9 Å². The molecule has 0 aliphatic carbocycles. The highest BCUT2D eigenvalue weighted by molar-refractivity contribution is 7.08. The molecule has 0 spiro atoms. The van der Waals surface area contributed by atoms with Gasteiger partial charge in [0, 0.05) is 11.8 Å². The van der Waals surface area contributed by atoms with Crippen LogP contribution < -0.4 is 0 Å². The van der Waals surface area contributed by atoms with Gasteiger partial charge in [0.25, 0.3) is 0 Å². The molecule has 3 heteroatoms. The van der Waals surface area contributed by atoms with Gasteiger partial charge in [-0.2, -0.15) is 11.3 Å². The molecule has 2 heterocycles. The van der Waals surface area contributed by atoms with E-state index in [4.69, 9.17) is 0 Å². The van der Waals surface area contributed by atoms with Crippen LogP contribution in [0.1, 0.15) is 13.0 Å². The summed E-state index contributed by atoms with van der Waals surface area (Å²) in [4.78, 5) is 3.81. The minimum absolute atomic E-state index is 0. The molecule has 1 nitrogen and oxygen atoms in total. The molecule has 14 heavy (non-hydrogen) atoms. The molecule has 0 unspecified atom stereocenters. The molecular formula is C11H12FNS. The monoisotopic (exact) mass is 209 g/mol. The van der Waals surface area contributed by atoms with Gasteiger partial charge < -0.3 is 0 Å². The summed E-state index contributed by atoms with van der Waals surface area (Å²) in [7, 11) is 0. The third-order valence-electron chi connectivity index (χ3n) is 1.87. The first-order valence-electron chi connectivity index (χ1n) is 3.91. The Morgan fingerprint density at radius 2 is 2.07 bits per heavy atom. The van der Waals surface area contributed by atoms with Gasteiger partial charge in [-0.1, -0.05) is 7.43 Å². The quantitative estimate of drug-likeness (QED) is 0.694. The lowest BCUT2D eigenvalue weighted by atomic mass is 10.1. The molecule has 0 saturated carbocycles. The second-order valence-corrected chi connectivity index (χ2v) is 3.60. The van der Waals surface area contributed by atoms with Crippen molar-refractivity contribution >= 4 is 11.3 Å². The molecule has 0 bridgehead atoms. The number of nitrogens with zero attached hydrogens (tertiary/aromatic N) is 1. The van der Waals surface area contributed by atoms with Gasteiger partial charge >= 0.3 is 0 Å². The number of hydrogen-bond donors (Lipinski definition) is 0. The number of aromatic nitrogens is 1. The van der Waals surface area contributed by atoms with Crippen molar-refractivity contribution in [2.75, 3.05) is 0 Å². The molecule has 0 amide bonds. The molecule has 2 aromatic heterocycles. The maximum Gasteiger partial charge on any atom is 0.142 e. The summed E-state index contributed by atoms with van der Waals surface area (Å²) in [5, 5.41) is 4.05. The Morgan fingerprint density at radius 3 is 2.64 bits per heavy atom. The van der Waals surface area contributed by atoms with Gasteiger partial charge in [0.15, 0.2) is 0 Å². The number of halogens is 1. The lowest BCUT2D eigenvalue weighted by Gasteiger charge is -1.98. The number of thiophene rings is 1. The Hall–Kier alpha value is -1.22. The highest BCUT2D eigenvalue weighted by Gasteiger charge is 2.03. The summed E-state index contributed by atoms with van der Waals surface area (Å²) in [5.41, 5.74) is 3.08. The standard InChI is InChI=1S/C10H8FNS.CH4/c1-7-5-13-6-10(7)8-2-9(11)4-12-3-8;/h2-6H,1H3;1H4. The van der Waals surface area contributed by atoms with Crippen molar-refractivity contribution in [1.29, 1.82) is 0 Å². The van der Waals surface area contributed by atoms with Crippen LogP contribution in [0, 0.1) is 12.7 Å². The van der Waals surface area contributed by atoms with Gasteiger partial charge in [-0.3, -0.25) is 4.98 Å². The van der Waals surface area contributed by atoms with Crippen LogP contribution in [-0.4, -0.2) is 4.98 Å². The third-order valence-corrected chi connectivity index (χ3v) is 2.73. The van der Waals surface area contributed by atoms with Gasteiger partial charge in [-0.15, -0.1) is 0 Å². The number of pyridine rings is 1. The Morgan fingerprint density at radius 1 is 1.29 bits per heavy atom. The van der Waals surface area contributed by atoms with Crippen LogP contribution in [0.3, 0.4) is 0 Å². The largest absolute Gasteiger partial charge is 0.261 e. The molecule has 2 rings (SSSR count). The van der Waals surface area contributed by atoms with Crippen molar-refractivity contribution in [3.8, 4) is 11.1 Å². The normalized spacial score (nSPS) is 9.57. The van der Waals surface area contributed by atoms with E-state index >= 15 is 0 Å². The summed E-state index contributed by atoms with van der Waals surface area (Å²) < 4.78 is 12.8. The van der Waals surface area contributed by atoms with Crippen LogP contribution in [0.5, 0.6) is 0 Å². The maximum absolute atomic E-state index is 12.8. The zero-order chi connectivity index (χ0) is 9.26. The summed E-state index contributed by atoms with van der Waals surface area (Å²) in [6.07, 6.45) is 2.89. The van der Waals surface area contributed by atoms with Crippen molar-refractivity contribution in [2.45, 2.75) is 14.4 Å². The zero-order valence-electron chi connectivity index (χ0n) is 7.12. The first-order valence-corrected chi connectivity index (χ1v) is 4.85. The molecule has 0 aromatic carbocycles. The van der Waals surface area contributed by atoms with Crippen molar-refractivity contribution < 1.29 is 4.39 Å². The van der Waals surface area contributed by atoms with E-state index in [0.717, 1.165) is 16.7 Å². The van der Waals surface area contributed by atoms with E-state index in [-0.39, 0.29) is 13.2 Å². The molecule has 0 radical (unpaired) electrons. The SMILES string of the molecule is C.Cc1cscc1-c1cncc(F)c1. The van der Waals surface area contributed by atoms with Gasteiger partial charge in [0.05, 0.1) is 6.20 Å². The molecule has 74 valence electrons. The molecule has 0 fully saturated rings. The number of hydrogen-bond acceptors (Lipinski definition) is 2. The molecule has 0 aliphatic rings. The van der Waals surface area contributed by atoms with Crippen molar-refractivity contribution in [3.05, 3.63) is 40.6 Å². The van der Waals surface area contributed by atoms with Gasteiger partial charge in [0.1, 0.15) is 5.82 Å². The van der Waals surface area contributed by atoms with E-state index in [2.05, 4.69) is 4.98 Å². The minimum atomic E-state index is -0.289. The number of aryl methyl sites for hydroxylation is 1. The fourth-order valence-corrected chi connectivity index (χ4v) is 2.07. The van der Waals surface area contributed by atoms with Crippen molar-refractivity contribution in [1.82, 2.24) is 4.98 Å². The second kappa shape index (κ2) is 4.33. The minimum Gasteiger partial charge on any atom is -0.261 e. The van der Waals surface area contributed by atoms with Crippen LogP contribution >= 0.6 is 11.3 Å². The summed E-state index contributed by atoms with van der Waals surface area (Å²) in [6.45, 7) is 2.01. The van der Waals surface area contributed by atoms with E-state index in [1.165, 1.54) is 12.3 Å². The molecule has 0 aliphatic heterocycles. The average molecular weight is 209 g/mol. The fourth-order valence-electron chi connectivity index (χ4n) is 1.22. The first kappa shape index (κ1) is 10.9. The smallest absolute Gasteiger partial charge is 0.142 e. The van der Waals surface area contributed by atoms with Crippen molar-refractivity contribution in [3.63, 3.8) is 0 Å². The number of rotatable bonds is 1. The van der Waals surface area contributed by atoms with E-state index in [0.29, 0.717) is 0 Å². The molecular weight excluding hydrogens is 197 g/mol.